The Kier molecular flexibility index (Phi) is 6.75. The topological polar surface area (TPSA) is 77.9 Å². The third-order valence-corrected chi connectivity index (χ3v) is 1.09. The lowest BCUT2D eigenvalue weighted by atomic mass is 10.7. The number of carbonyl (C=O) groups is 1. The Hall–Kier alpha value is -1.85. The van der Waals surface area contributed by atoms with Gasteiger partial charge in [-0.05, 0) is 6.92 Å². The minimum atomic E-state index is -0.281. The summed E-state index contributed by atoms with van der Waals surface area (Å²) in [5.74, 6) is 0.0696. The highest BCUT2D eigenvalue weighted by atomic mass is 16.1. The standard InChI is InChI=1S/C8H15N5O/c1-4-5-11-12-6-10-8(9-3)13-7(2)14/h4-6,11H,1-3H3,(H2,9,10,12,13,14)/b5-4+. The zero-order valence-corrected chi connectivity index (χ0v) is 8.53. The zero-order valence-electron chi connectivity index (χ0n) is 8.53. The maximum atomic E-state index is 10.6. The number of amides is 1. The van der Waals surface area contributed by atoms with Crippen LogP contribution < -0.4 is 16.1 Å². The number of allylic oxidation sites excluding steroid dienone is 1. The van der Waals surface area contributed by atoms with Gasteiger partial charge in [0.05, 0.1) is 0 Å². The Morgan fingerprint density at radius 1 is 1.43 bits per heavy atom. The van der Waals surface area contributed by atoms with Crippen LogP contribution in [0.25, 0.3) is 0 Å². The minimum Gasteiger partial charge on any atom is -0.359 e. The van der Waals surface area contributed by atoms with E-state index in [0.29, 0.717) is 5.96 Å². The summed E-state index contributed by atoms with van der Waals surface area (Å²) in [7, 11) is 1.65. The van der Waals surface area contributed by atoms with Crippen molar-refractivity contribution in [3.05, 3.63) is 12.3 Å². The van der Waals surface area contributed by atoms with Crippen LogP contribution >= 0.6 is 0 Å². The Labute approximate surface area is 83.2 Å². The van der Waals surface area contributed by atoms with Gasteiger partial charge in [0.2, 0.25) is 11.9 Å². The summed E-state index contributed by atoms with van der Waals surface area (Å²) in [6, 6.07) is 0. The second-order valence-corrected chi connectivity index (χ2v) is 2.26. The van der Waals surface area contributed by atoms with Crippen molar-refractivity contribution in [3.63, 3.8) is 0 Å². The zero-order chi connectivity index (χ0) is 10.8. The van der Waals surface area contributed by atoms with Crippen molar-refractivity contribution in [3.8, 4) is 0 Å². The molecule has 0 fully saturated rings. The van der Waals surface area contributed by atoms with E-state index in [1.54, 1.807) is 19.3 Å². The van der Waals surface area contributed by atoms with Crippen LogP contribution in [0.5, 0.6) is 0 Å². The van der Waals surface area contributed by atoms with Crippen LogP contribution in [0.15, 0.2) is 22.4 Å². The molecule has 0 spiro atoms. The molecule has 0 aliphatic rings. The average molecular weight is 197 g/mol. The fourth-order valence-corrected chi connectivity index (χ4v) is 0.566. The normalized spacial score (nSPS) is 12.1. The molecule has 3 N–H and O–H groups in total. The molecule has 0 atom stereocenters. The molecule has 14 heavy (non-hydrogen) atoms. The molecular formula is C8H15N5O. The molecule has 0 saturated carbocycles. The third-order valence-electron chi connectivity index (χ3n) is 1.09. The summed E-state index contributed by atoms with van der Waals surface area (Å²) >= 11 is 0. The van der Waals surface area contributed by atoms with Crippen molar-refractivity contribution in [2.24, 2.45) is 10.1 Å². The van der Waals surface area contributed by atoms with E-state index in [1.807, 2.05) is 6.92 Å². The Morgan fingerprint density at radius 2 is 2.14 bits per heavy atom. The van der Waals surface area contributed by atoms with Crippen LogP contribution in [0, 0.1) is 0 Å². The van der Waals surface area contributed by atoms with Crippen LogP contribution in [-0.4, -0.2) is 25.3 Å². The van der Waals surface area contributed by atoms with Gasteiger partial charge in [0, 0.05) is 20.2 Å². The third kappa shape index (κ3) is 6.84. The molecule has 0 radical (unpaired) electrons. The molecule has 6 heteroatoms. The van der Waals surface area contributed by atoms with E-state index in [-0.39, 0.29) is 5.91 Å². The molecule has 0 saturated heterocycles. The van der Waals surface area contributed by atoms with Crippen LogP contribution in [-0.2, 0) is 4.79 Å². The van der Waals surface area contributed by atoms with Gasteiger partial charge in [-0.2, -0.15) is 10.1 Å². The van der Waals surface area contributed by atoms with Crippen molar-refractivity contribution in [2.75, 3.05) is 7.05 Å². The quantitative estimate of drug-likeness (QED) is 0.331. The molecule has 0 aliphatic heterocycles. The number of hydrazone groups is 1. The summed E-state index contributed by atoms with van der Waals surface area (Å²) in [6.07, 6.45) is 4.86. The first-order valence-corrected chi connectivity index (χ1v) is 4.12. The summed E-state index contributed by atoms with van der Waals surface area (Å²) in [6.45, 7) is 3.24. The molecule has 0 bridgehead atoms. The van der Waals surface area contributed by atoms with Gasteiger partial charge < -0.3 is 10.6 Å². The molecule has 0 aromatic rings. The van der Waals surface area contributed by atoms with E-state index in [4.69, 9.17) is 0 Å². The Morgan fingerprint density at radius 3 is 2.64 bits per heavy atom. The molecule has 0 aliphatic carbocycles. The van der Waals surface area contributed by atoms with Gasteiger partial charge in [-0.1, -0.05) is 6.08 Å². The van der Waals surface area contributed by atoms with Crippen molar-refractivity contribution < 1.29 is 4.79 Å². The molecule has 0 heterocycles. The highest BCUT2D eigenvalue weighted by molar-refractivity contribution is 5.97. The van der Waals surface area contributed by atoms with Crippen molar-refractivity contribution in [1.82, 2.24) is 16.1 Å². The van der Waals surface area contributed by atoms with Gasteiger partial charge in [-0.15, -0.1) is 0 Å². The van der Waals surface area contributed by atoms with E-state index in [9.17, 15) is 4.79 Å². The van der Waals surface area contributed by atoms with Crippen molar-refractivity contribution >= 4 is 18.2 Å². The van der Waals surface area contributed by atoms with Gasteiger partial charge in [-0.25, -0.2) is 0 Å². The maximum Gasteiger partial charge on any atom is 0.245 e. The van der Waals surface area contributed by atoms with Gasteiger partial charge in [0.1, 0.15) is 6.34 Å². The van der Waals surface area contributed by atoms with Crippen molar-refractivity contribution in [2.45, 2.75) is 13.8 Å². The second-order valence-electron chi connectivity index (χ2n) is 2.26. The highest BCUT2D eigenvalue weighted by Crippen LogP contribution is 1.71. The Balaban J connectivity index is 3.95. The lowest BCUT2D eigenvalue weighted by Gasteiger charge is -2.01. The van der Waals surface area contributed by atoms with E-state index in [1.165, 1.54) is 13.3 Å². The number of rotatable bonds is 3. The molecule has 6 nitrogen and oxygen atoms in total. The summed E-state index contributed by atoms with van der Waals surface area (Å²) in [4.78, 5) is 14.2. The first kappa shape index (κ1) is 12.2. The molecular weight excluding hydrogens is 182 g/mol. The molecule has 0 aromatic heterocycles. The fourth-order valence-electron chi connectivity index (χ4n) is 0.566. The van der Waals surface area contributed by atoms with E-state index >= 15 is 0 Å². The number of hydrogen-bond acceptors (Lipinski definition) is 3. The number of carbonyl (C=O) groups excluding carboxylic acids is 1. The van der Waals surface area contributed by atoms with Crippen LogP contribution in [0.1, 0.15) is 13.8 Å². The molecule has 0 unspecified atom stereocenters. The summed E-state index contributed by atoms with van der Waals surface area (Å²) in [5.41, 5.74) is 2.63. The monoisotopic (exact) mass is 197 g/mol. The number of hydrogen-bond donors (Lipinski definition) is 3. The first-order valence-electron chi connectivity index (χ1n) is 4.12. The van der Waals surface area contributed by atoms with Gasteiger partial charge in [0.25, 0.3) is 0 Å². The maximum absolute atomic E-state index is 10.6. The summed E-state index contributed by atoms with van der Waals surface area (Å²) < 4.78 is 0. The van der Waals surface area contributed by atoms with Gasteiger partial charge in [0.15, 0.2) is 0 Å². The predicted octanol–water partition coefficient (Wildman–Crippen LogP) is -0.236. The minimum absolute atomic E-state index is 0.281. The van der Waals surface area contributed by atoms with Crippen LogP contribution in [0.4, 0.5) is 0 Å². The van der Waals surface area contributed by atoms with Gasteiger partial charge in [-0.3, -0.25) is 10.2 Å². The molecule has 0 rings (SSSR count). The first-order chi connectivity index (χ1) is 6.70. The number of nitrogens with one attached hydrogen (secondary N) is 3. The number of guanidine groups is 1. The van der Waals surface area contributed by atoms with Crippen molar-refractivity contribution in [1.29, 1.82) is 0 Å². The molecule has 0 aromatic carbocycles. The van der Waals surface area contributed by atoms with E-state index < -0.39 is 0 Å². The SMILES string of the molecule is C/C=C/N/N=C/N/C(=N\C(C)=O)NC. The van der Waals surface area contributed by atoms with Crippen LogP contribution in [0.3, 0.4) is 0 Å². The average Bonchev–Trinajstić information content (AvgIpc) is 2.15. The van der Waals surface area contributed by atoms with E-state index in [2.05, 4.69) is 26.2 Å². The van der Waals surface area contributed by atoms with Crippen LogP contribution in [0.2, 0.25) is 0 Å². The predicted molar refractivity (Wildman–Crippen MR) is 56.8 cm³/mol. The second kappa shape index (κ2) is 7.78. The lowest BCUT2D eigenvalue weighted by Crippen LogP contribution is -2.34. The van der Waals surface area contributed by atoms with E-state index in [0.717, 1.165) is 0 Å². The lowest BCUT2D eigenvalue weighted by molar-refractivity contribution is -0.115. The fraction of sp³-hybridized carbons (Fsp3) is 0.375. The largest absolute Gasteiger partial charge is 0.359 e. The molecule has 1 amide bonds. The highest BCUT2D eigenvalue weighted by Gasteiger charge is 1.92. The Bertz CT molecular complexity index is 256. The molecule has 78 valence electrons. The van der Waals surface area contributed by atoms with Gasteiger partial charge >= 0.3 is 0 Å². The smallest absolute Gasteiger partial charge is 0.245 e. The number of aliphatic imine (C=N–C) groups is 1. The summed E-state index contributed by atoms with van der Waals surface area (Å²) in [5, 5.41) is 9.15. The number of nitrogens with zero attached hydrogens (tertiary/aromatic N) is 2.